The van der Waals surface area contributed by atoms with Gasteiger partial charge in [-0.25, -0.2) is 4.79 Å². The molecule has 4 rings (SSSR count). The predicted molar refractivity (Wildman–Crippen MR) is 124 cm³/mol. The number of carbonyl (C=O) groups is 2. The smallest absolute Gasteiger partial charge is 0.338 e. The number of aryl methyl sites for hydroxylation is 1. The molecule has 1 aliphatic heterocycles. The van der Waals surface area contributed by atoms with Crippen LogP contribution in [-0.4, -0.2) is 30.6 Å². The molecule has 7 heteroatoms. The second-order valence-corrected chi connectivity index (χ2v) is 8.52. The van der Waals surface area contributed by atoms with Crippen molar-refractivity contribution in [2.24, 2.45) is 0 Å². The van der Waals surface area contributed by atoms with Crippen molar-refractivity contribution in [3.63, 3.8) is 0 Å². The van der Waals surface area contributed by atoms with E-state index in [1.807, 2.05) is 44.2 Å². The maximum Gasteiger partial charge on any atom is 0.338 e. The SMILES string of the molecule is CCOC(=O)c1ccc2c(c1)N(Cc1ncc(C)c(OC)c1C)C(=O)c1ccccc1S2. The van der Waals surface area contributed by atoms with Gasteiger partial charge in [0.05, 0.1) is 42.8 Å². The highest BCUT2D eigenvalue weighted by Gasteiger charge is 2.29. The van der Waals surface area contributed by atoms with Crippen LogP contribution in [0.4, 0.5) is 5.69 Å². The summed E-state index contributed by atoms with van der Waals surface area (Å²) in [7, 11) is 1.63. The highest BCUT2D eigenvalue weighted by atomic mass is 32.2. The molecule has 1 amide bonds. The number of amides is 1. The number of rotatable bonds is 5. The number of hydrogen-bond donors (Lipinski definition) is 0. The van der Waals surface area contributed by atoms with Gasteiger partial charge in [0.1, 0.15) is 5.75 Å². The number of nitrogens with zero attached hydrogens (tertiary/aromatic N) is 2. The van der Waals surface area contributed by atoms with Gasteiger partial charge in [-0.2, -0.15) is 0 Å². The van der Waals surface area contributed by atoms with E-state index in [-0.39, 0.29) is 19.1 Å². The van der Waals surface area contributed by atoms with Crippen molar-refractivity contribution in [2.45, 2.75) is 37.1 Å². The van der Waals surface area contributed by atoms with Crippen LogP contribution in [0.1, 0.15) is 44.5 Å². The van der Waals surface area contributed by atoms with Crippen LogP contribution in [0.5, 0.6) is 5.75 Å². The minimum Gasteiger partial charge on any atom is -0.496 e. The van der Waals surface area contributed by atoms with Crippen LogP contribution in [0.2, 0.25) is 0 Å². The Bertz CT molecular complexity index is 1210. The Kier molecular flexibility index (Phi) is 6.19. The van der Waals surface area contributed by atoms with E-state index in [0.29, 0.717) is 16.8 Å². The summed E-state index contributed by atoms with van der Waals surface area (Å²) in [6.45, 7) is 6.17. The van der Waals surface area contributed by atoms with E-state index in [0.717, 1.165) is 32.4 Å². The molecule has 0 unspecified atom stereocenters. The molecule has 3 aromatic rings. The maximum absolute atomic E-state index is 13.7. The van der Waals surface area contributed by atoms with E-state index >= 15 is 0 Å². The van der Waals surface area contributed by atoms with Gasteiger partial charge in [0.25, 0.3) is 5.91 Å². The molecule has 32 heavy (non-hydrogen) atoms. The number of methoxy groups -OCH3 is 1. The normalized spacial score (nSPS) is 12.6. The number of anilines is 1. The van der Waals surface area contributed by atoms with Crippen molar-refractivity contribution in [3.05, 3.63) is 76.6 Å². The number of hydrogen-bond acceptors (Lipinski definition) is 6. The number of pyridine rings is 1. The van der Waals surface area contributed by atoms with Crippen molar-refractivity contribution >= 4 is 29.3 Å². The minimum atomic E-state index is -0.416. The van der Waals surface area contributed by atoms with Crippen molar-refractivity contribution in [3.8, 4) is 5.75 Å². The van der Waals surface area contributed by atoms with Crippen molar-refractivity contribution in [1.29, 1.82) is 0 Å². The predicted octanol–water partition coefficient (Wildman–Crippen LogP) is 5.20. The van der Waals surface area contributed by atoms with Gasteiger partial charge in [0.2, 0.25) is 0 Å². The maximum atomic E-state index is 13.7. The Labute approximate surface area is 191 Å². The number of benzene rings is 2. The second kappa shape index (κ2) is 9.04. The molecule has 0 spiro atoms. The van der Waals surface area contributed by atoms with E-state index < -0.39 is 5.97 Å². The van der Waals surface area contributed by atoms with Crippen molar-refractivity contribution in [1.82, 2.24) is 4.98 Å². The molecular weight excluding hydrogens is 424 g/mol. The van der Waals surface area contributed by atoms with Crippen molar-refractivity contribution in [2.75, 3.05) is 18.6 Å². The zero-order chi connectivity index (χ0) is 22.8. The lowest BCUT2D eigenvalue weighted by Gasteiger charge is -2.24. The molecule has 2 heterocycles. The summed E-state index contributed by atoms with van der Waals surface area (Å²) in [4.78, 5) is 34.1. The Balaban J connectivity index is 1.85. The van der Waals surface area contributed by atoms with Crippen LogP contribution in [0, 0.1) is 13.8 Å². The van der Waals surface area contributed by atoms with Crippen LogP contribution < -0.4 is 9.64 Å². The van der Waals surface area contributed by atoms with Crippen LogP contribution >= 0.6 is 11.8 Å². The Hall–Kier alpha value is -3.32. The third-order valence-electron chi connectivity index (χ3n) is 5.40. The van der Waals surface area contributed by atoms with E-state index in [4.69, 9.17) is 9.47 Å². The third kappa shape index (κ3) is 3.96. The highest BCUT2D eigenvalue weighted by Crippen LogP contribution is 2.42. The van der Waals surface area contributed by atoms with E-state index in [1.54, 1.807) is 37.3 Å². The van der Waals surface area contributed by atoms with Crippen LogP contribution in [0.3, 0.4) is 0 Å². The number of fused-ring (bicyclic) bond motifs is 2. The third-order valence-corrected chi connectivity index (χ3v) is 6.54. The van der Waals surface area contributed by atoms with Gasteiger partial charge in [-0.1, -0.05) is 23.9 Å². The quantitative estimate of drug-likeness (QED) is 0.500. The molecule has 0 atom stereocenters. The molecule has 0 saturated carbocycles. The minimum absolute atomic E-state index is 0.145. The van der Waals surface area contributed by atoms with Gasteiger partial charge >= 0.3 is 5.97 Å². The highest BCUT2D eigenvalue weighted by molar-refractivity contribution is 7.99. The summed E-state index contributed by atoms with van der Waals surface area (Å²) in [5.41, 5.74) is 4.22. The van der Waals surface area contributed by atoms with Crippen molar-refractivity contribution < 1.29 is 19.1 Å². The Morgan fingerprint density at radius 3 is 2.66 bits per heavy atom. The fourth-order valence-corrected chi connectivity index (χ4v) is 4.86. The van der Waals surface area contributed by atoms with E-state index in [9.17, 15) is 9.59 Å². The largest absolute Gasteiger partial charge is 0.496 e. The first-order chi connectivity index (χ1) is 15.4. The Morgan fingerprint density at radius 1 is 1.12 bits per heavy atom. The van der Waals surface area contributed by atoms with Crippen LogP contribution in [0.25, 0.3) is 0 Å². The molecule has 6 nitrogen and oxygen atoms in total. The zero-order valence-electron chi connectivity index (χ0n) is 18.5. The van der Waals surface area contributed by atoms with Crippen LogP contribution in [0.15, 0.2) is 58.5 Å². The first-order valence-electron chi connectivity index (χ1n) is 10.3. The molecule has 1 aliphatic rings. The zero-order valence-corrected chi connectivity index (χ0v) is 19.3. The summed E-state index contributed by atoms with van der Waals surface area (Å²) in [6.07, 6.45) is 1.75. The first-order valence-corrected chi connectivity index (χ1v) is 11.1. The molecule has 0 N–H and O–H groups in total. The average Bonchev–Trinajstić information content (AvgIpc) is 2.90. The molecule has 0 fully saturated rings. The lowest BCUT2D eigenvalue weighted by atomic mass is 10.1. The summed E-state index contributed by atoms with van der Waals surface area (Å²) >= 11 is 1.51. The van der Waals surface area contributed by atoms with Gasteiger partial charge in [-0.15, -0.1) is 0 Å². The number of ether oxygens (including phenoxy) is 2. The topological polar surface area (TPSA) is 68.7 Å². The van der Waals surface area contributed by atoms with Gasteiger partial charge in [0, 0.05) is 27.1 Å². The lowest BCUT2D eigenvalue weighted by Crippen LogP contribution is -2.31. The molecule has 0 aliphatic carbocycles. The molecular formula is C25H24N2O4S. The van der Waals surface area contributed by atoms with E-state index in [1.165, 1.54) is 11.8 Å². The van der Waals surface area contributed by atoms with Gasteiger partial charge in [-0.05, 0) is 51.1 Å². The fraction of sp³-hybridized carbons (Fsp3) is 0.240. The number of esters is 1. The summed E-state index contributed by atoms with van der Waals surface area (Å²) in [5.74, 6) is 0.196. The molecule has 0 saturated heterocycles. The molecule has 1 aromatic heterocycles. The monoisotopic (exact) mass is 448 g/mol. The van der Waals surface area contributed by atoms with E-state index in [2.05, 4.69) is 4.98 Å². The molecule has 0 radical (unpaired) electrons. The summed E-state index contributed by atoms with van der Waals surface area (Å²) in [5, 5.41) is 0. The molecule has 0 bridgehead atoms. The lowest BCUT2D eigenvalue weighted by molar-refractivity contribution is 0.0526. The fourth-order valence-electron chi connectivity index (χ4n) is 3.80. The Morgan fingerprint density at radius 2 is 1.91 bits per heavy atom. The van der Waals surface area contributed by atoms with Gasteiger partial charge in [0.15, 0.2) is 0 Å². The van der Waals surface area contributed by atoms with Gasteiger partial charge in [-0.3, -0.25) is 9.78 Å². The van der Waals surface area contributed by atoms with Gasteiger partial charge < -0.3 is 14.4 Å². The average molecular weight is 449 g/mol. The molecule has 2 aromatic carbocycles. The standard InChI is InChI=1S/C25H24N2O4S/c1-5-31-25(29)17-10-11-22-20(12-17)27(24(28)18-8-6-7-9-21(18)32-22)14-19-16(3)23(30-4)15(2)13-26-19/h6-13H,5,14H2,1-4H3. The first kappa shape index (κ1) is 21.9. The molecule has 164 valence electrons. The number of carbonyl (C=O) groups excluding carboxylic acids is 2. The summed E-state index contributed by atoms with van der Waals surface area (Å²) < 4.78 is 10.7. The second-order valence-electron chi connectivity index (χ2n) is 7.44. The summed E-state index contributed by atoms with van der Waals surface area (Å²) in [6, 6.07) is 12.9. The van der Waals surface area contributed by atoms with Crippen LogP contribution in [-0.2, 0) is 11.3 Å². The number of aromatic nitrogens is 1.